The molecule has 1 saturated carbocycles. The fraction of sp³-hybridized carbons (Fsp3) is 0.429. The summed E-state index contributed by atoms with van der Waals surface area (Å²) in [5, 5.41) is 12.2. The van der Waals surface area contributed by atoms with Crippen LogP contribution in [0.3, 0.4) is 0 Å². The fourth-order valence-corrected chi connectivity index (χ4v) is 2.12. The maximum absolute atomic E-state index is 11.5. The molecular formula is C14H16N2O. The molecule has 2 unspecified atom stereocenters. The van der Waals surface area contributed by atoms with E-state index in [1.165, 1.54) is 0 Å². The molecule has 0 aliphatic heterocycles. The lowest BCUT2D eigenvalue weighted by molar-refractivity contribution is 0.101. The van der Waals surface area contributed by atoms with Gasteiger partial charge in [-0.15, -0.1) is 0 Å². The van der Waals surface area contributed by atoms with E-state index in [4.69, 9.17) is 5.26 Å². The molecule has 17 heavy (non-hydrogen) atoms. The summed E-state index contributed by atoms with van der Waals surface area (Å²) in [6.07, 6.45) is 2.32. The average molecular weight is 228 g/mol. The maximum Gasteiger partial charge on any atom is 0.161 e. The van der Waals surface area contributed by atoms with Crippen molar-refractivity contribution in [2.45, 2.75) is 32.7 Å². The Balaban J connectivity index is 2.24. The van der Waals surface area contributed by atoms with Crippen molar-refractivity contribution in [1.29, 1.82) is 5.26 Å². The Morgan fingerprint density at radius 1 is 1.59 bits per heavy atom. The number of benzene rings is 1. The van der Waals surface area contributed by atoms with Crippen LogP contribution >= 0.6 is 0 Å². The smallest absolute Gasteiger partial charge is 0.161 e. The van der Waals surface area contributed by atoms with Gasteiger partial charge in [-0.05, 0) is 37.5 Å². The zero-order valence-electron chi connectivity index (χ0n) is 10.2. The molecule has 1 aliphatic carbocycles. The summed E-state index contributed by atoms with van der Waals surface area (Å²) >= 11 is 0. The van der Waals surface area contributed by atoms with E-state index in [-0.39, 0.29) is 5.78 Å². The van der Waals surface area contributed by atoms with Crippen LogP contribution in [0.5, 0.6) is 0 Å². The topological polar surface area (TPSA) is 52.9 Å². The molecule has 1 aliphatic rings. The van der Waals surface area contributed by atoms with Crippen molar-refractivity contribution in [3.05, 3.63) is 29.3 Å². The zero-order valence-corrected chi connectivity index (χ0v) is 10.2. The number of nitriles is 1. The van der Waals surface area contributed by atoms with Crippen molar-refractivity contribution < 1.29 is 4.79 Å². The first-order valence-electron chi connectivity index (χ1n) is 5.97. The summed E-state index contributed by atoms with van der Waals surface area (Å²) in [4.78, 5) is 11.5. The van der Waals surface area contributed by atoms with Crippen LogP contribution in [-0.4, -0.2) is 11.8 Å². The Morgan fingerprint density at radius 3 is 2.88 bits per heavy atom. The lowest BCUT2D eigenvalue weighted by Crippen LogP contribution is -2.09. The van der Waals surface area contributed by atoms with Crippen LogP contribution in [0.15, 0.2) is 18.2 Å². The number of hydrogen-bond acceptors (Lipinski definition) is 3. The lowest BCUT2D eigenvalue weighted by Gasteiger charge is -2.10. The van der Waals surface area contributed by atoms with Crippen LogP contribution in [0.4, 0.5) is 5.69 Å². The van der Waals surface area contributed by atoms with Crippen molar-refractivity contribution in [3.8, 4) is 6.07 Å². The molecule has 0 heterocycles. The van der Waals surface area contributed by atoms with E-state index >= 15 is 0 Å². The van der Waals surface area contributed by atoms with Gasteiger partial charge in [0.05, 0.1) is 11.6 Å². The van der Waals surface area contributed by atoms with Crippen molar-refractivity contribution in [1.82, 2.24) is 0 Å². The molecule has 3 heteroatoms. The molecule has 0 saturated heterocycles. The van der Waals surface area contributed by atoms with Crippen molar-refractivity contribution in [2.24, 2.45) is 5.92 Å². The molecule has 2 atom stereocenters. The molecule has 0 aromatic heterocycles. The SMILES string of the molecule is CCC1CC1Nc1cc(C#N)ccc1C(C)=O. The van der Waals surface area contributed by atoms with E-state index in [0.29, 0.717) is 23.1 Å². The normalized spacial score (nSPS) is 21.7. The second kappa shape index (κ2) is 4.58. The molecule has 88 valence electrons. The van der Waals surface area contributed by atoms with E-state index in [0.717, 1.165) is 18.5 Å². The summed E-state index contributed by atoms with van der Waals surface area (Å²) in [6.45, 7) is 3.72. The van der Waals surface area contributed by atoms with Crippen LogP contribution in [-0.2, 0) is 0 Å². The number of Topliss-reactive ketones (excluding diaryl/α,β-unsaturated/α-hetero) is 1. The molecule has 1 aromatic carbocycles. The largest absolute Gasteiger partial charge is 0.381 e. The predicted molar refractivity (Wildman–Crippen MR) is 67.0 cm³/mol. The molecule has 0 amide bonds. The van der Waals surface area contributed by atoms with Gasteiger partial charge in [0.15, 0.2) is 5.78 Å². The average Bonchev–Trinajstić information content (AvgIpc) is 3.07. The molecule has 1 N–H and O–H groups in total. The molecule has 0 bridgehead atoms. The summed E-state index contributed by atoms with van der Waals surface area (Å²) in [5.41, 5.74) is 2.06. The summed E-state index contributed by atoms with van der Waals surface area (Å²) in [5.74, 6) is 0.742. The highest BCUT2D eigenvalue weighted by atomic mass is 16.1. The zero-order chi connectivity index (χ0) is 12.4. The summed E-state index contributed by atoms with van der Waals surface area (Å²) < 4.78 is 0. The summed E-state index contributed by atoms with van der Waals surface area (Å²) in [7, 11) is 0. The Kier molecular flexibility index (Phi) is 3.14. The number of carbonyl (C=O) groups is 1. The molecule has 1 aromatic rings. The van der Waals surface area contributed by atoms with Crippen molar-refractivity contribution in [2.75, 3.05) is 5.32 Å². The third-order valence-electron chi connectivity index (χ3n) is 3.32. The van der Waals surface area contributed by atoms with Gasteiger partial charge in [-0.3, -0.25) is 4.79 Å². The first kappa shape index (κ1) is 11.7. The number of carbonyl (C=O) groups excluding carboxylic acids is 1. The fourth-order valence-electron chi connectivity index (χ4n) is 2.12. The van der Waals surface area contributed by atoms with E-state index in [2.05, 4.69) is 18.3 Å². The standard InChI is InChI=1S/C14H16N2O/c1-3-11-7-13(11)16-14-6-10(8-15)4-5-12(14)9(2)17/h4-6,11,13,16H,3,7H2,1-2H3. The number of ketones is 1. The van der Waals surface area contributed by atoms with Crippen LogP contribution in [0.25, 0.3) is 0 Å². The monoisotopic (exact) mass is 228 g/mol. The van der Waals surface area contributed by atoms with Gasteiger partial charge in [0.25, 0.3) is 0 Å². The molecule has 3 nitrogen and oxygen atoms in total. The Bertz CT molecular complexity index is 487. The third-order valence-corrected chi connectivity index (χ3v) is 3.32. The lowest BCUT2D eigenvalue weighted by atomic mass is 10.1. The number of hydrogen-bond donors (Lipinski definition) is 1. The second-order valence-electron chi connectivity index (χ2n) is 4.58. The van der Waals surface area contributed by atoms with Gasteiger partial charge in [-0.2, -0.15) is 5.26 Å². The molecule has 2 rings (SSSR count). The summed E-state index contributed by atoms with van der Waals surface area (Å²) in [6, 6.07) is 7.75. The van der Waals surface area contributed by atoms with Crippen LogP contribution < -0.4 is 5.32 Å². The number of anilines is 1. The molecule has 0 radical (unpaired) electrons. The maximum atomic E-state index is 11.5. The minimum Gasteiger partial charge on any atom is -0.381 e. The highest BCUT2D eigenvalue weighted by Gasteiger charge is 2.35. The molecular weight excluding hydrogens is 212 g/mol. The van der Waals surface area contributed by atoms with Crippen LogP contribution in [0.2, 0.25) is 0 Å². The van der Waals surface area contributed by atoms with E-state index in [1.54, 1.807) is 25.1 Å². The molecule has 0 spiro atoms. The second-order valence-corrected chi connectivity index (χ2v) is 4.58. The van der Waals surface area contributed by atoms with E-state index in [9.17, 15) is 4.79 Å². The van der Waals surface area contributed by atoms with Gasteiger partial charge in [0.1, 0.15) is 0 Å². The van der Waals surface area contributed by atoms with Crippen LogP contribution in [0, 0.1) is 17.2 Å². The van der Waals surface area contributed by atoms with Gasteiger partial charge in [0, 0.05) is 17.3 Å². The van der Waals surface area contributed by atoms with Crippen LogP contribution in [0.1, 0.15) is 42.6 Å². The molecule has 1 fully saturated rings. The van der Waals surface area contributed by atoms with E-state index < -0.39 is 0 Å². The third kappa shape index (κ3) is 2.47. The van der Waals surface area contributed by atoms with Gasteiger partial charge < -0.3 is 5.32 Å². The van der Waals surface area contributed by atoms with E-state index in [1.807, 2.05) is 0 Å². The quantitative estimate of drug-likeness (QED) is 0.806. The first-order valence-corrected chi connectivity index (χ1v) is 5.97. The minimum absolute atomic E-state index is 0.0330. The van der Waals surface area contributed by atoms with Gasteiger partial charge in [-0.25, -0.2) is 0 Å². The Hall–Kier alpha value is -1.82. The Morgan fingerprint density at radius 2 is 2.35 bits per heavy atom. The Labute approximate surface area is 101 Å². The minimum atomic E-state index is 0.0330. The van der Waals surface area contributed by atoms with Crippen molar-refractivity contribution in [3.63, 3.8) is 0 Å². The van der Waals surface area contributed by atoms with Crippen molar-refractivity contribution >= 4 is 11.5 Å². The van der Waals surface area contributed by atoms with Gasteiger partial charge in [-0.1, -0.05) is 13.3 Å². The number of nitrogens with one attached hydrogen (secondary N) is 1. The van der Waals surface area contributed by atoms with Gasteiger partial charge in [0.2, 0.25) is 0 Å². The number of nitrogens with zero attached hydrogens (tertiary/aromatic N) is 1. The highest BCUT2D eigenvalue weighted by Crippen LogP contribution is 2.37. The predicted octanol–water partition coefficient (Wildman–Crippen LogP) is 2.97. The van der Waals surface area contributed by atoms with Gasteiger partial charge >= 0.3 is 0 Å². The highest BCUT2D eigenvalue weighted by molar-refractivity contribution is 5.99. The first-order chi connectivity index (χ1) is 8.15. The number of rotatable bonds is 4.